The number of nitrogens with one attached hydrogen (secondary N) is 3. The Kier molecular flexibility index (Phi) is 7.14. The van der Waals surface area contributed by atoms with Gasteiger partial charge in [-0.25, -0.2) is 22.4 Å². The molecule has 0 aliphatic carbocycles. The van der Waals surface area contributed by atoms with Gasteiger partial charge in [0.25, 0.3) is 0 Å². The van der Waals surface area contributed by atoms with E-state index in [4.69, 9.17) is 0 Å². The lowest BCUT2D eigenvalue weighted by Crippen LogP contribution is -2.19. The topological polar surface area (TPSA) is 70.2 Å². The van der Waals surface area contributed by atoms with Gasteiger partial charge in [0.2, 0.25) is 5.91 Å². The van der Waals surface area contributed by atoms with Crippen molar-refractivity contribution in [3.05, 3.63) is 83.9 Å². The van der Waals surface area contributed by atoms with E-state index in [1.54, 1.807) is 48.5 Å². The van der Waals surface area contributed by atoms with Crippen LogP contribution in [-0.2, 0) is 4.79 Å². The molecule has 0 fully saturated rings. The number of hydrogen-bond acceptors (Lipinski definition) is 3. The summed E-state index contributed by atoms with van der Waals surface area (Å²) < 4.78 is 53.6. The molecule has 3 aromatic rings. The Morgan fingerprint density at radius 1 is 0.742 bits per heavy atom. The smallest absolute Gasteiger partial charge is 0.320 e. The quantitative estimate of drug-likeness (QED) is 0.260. The van der Waals surface area contributed by atoms with E-state index < -0.39 is 40.9 Å². The molecule has 0 unspecified atom stereocenters. The van der Waals surface area contributed by atoms with Gasteiger partial charge in [0.05, 0.1) is 5.75 Å². The monoisotopic (exact) mass is 449 g/mol. The number of urea groups is 1. The fraction of sp³-hybridized carbons (Fsp3) is 0.0476. The van der Waals surface area contributed by atoms with Crippen LogP contribution in [0.15, 0.2) is 65.6 Å². The van der Waals surface area contributed by atoms with Crippen molar-refractivity contribution in [2.24, 2.45) is 0 Å². The van der Waals surface area contributed by atoms with Crippen LogP contribution in [0.5, 0.6) is 0 Å². The highest BCUT2D eigenvalue weighted by atomic mass is 32.2. The van der Waals surface area contributed by atoms with E-state index in [2.05, 4.69) is 10.6 Å². The van der Waals surface area contributed by atoms with Gasteiger partial charge in [-0.05, 0) is 36.4 Å². The number of thioether (sulfide) groups is 1. The number of amides is 3. The van der Waals surface area contributed by atoms with Crippen molar-refractivity contribution in [2.45, 2.75) is 4.90 Å². The SMILES string of the molecule is O=C(CSc1ccc(NC(=O)Nc2ccccc2)cc1)Nc1c(F)c(F)cc(F)c1F. The average molecular weight is 449 g/mol. The molecule has 0 radical (unpaired) electrons. The molecule has 0 heterocycles. The second kappa shape index (κ2) is 9.98. The Labute approximate surface area is 178 Å². The molecular formula is C21H15F4N3O2S. The van der Waals surface area contributed by atoms with Crippen molar-refractivity contribution in [3.63, 3.8) is 0 Å². The lowest BCUT2D eigenvalue weighted by atomic mass is 10.2. The summed E-state index contributed by atoms with van der Waals surface area (Å²) >= 11 is 1.03. The molecule has 160 valence electrons. The second-order valence-electron chi connectivity index (χ2n) is 6.15. The van der Waals surface area contributed by atoms with Gasteiger partial charge in [-0.15, -0.1) is 11.8 Å². The Morgan fingerprint density at radius 2 is 1.29 bits per heavy atom. The molecule has 3 aromatic carbocycles. The highest BCUT2D eigenvalue weighted by Gasteiger charge is 2.20. The van der Waals surface area contributed by atoms with E-state index in [0.29, 0.717) is 16.3 Å². The van der Waals surface area contributed by atoms with Crippen molar-refractivity contribution < 1.29 is 27.2 Å². The van der Waals surface area contributed by atoms with Gasteiger partial charge in [-0.2, -0.15) is 0 Å². The molecular weight excluding hydrogens is 434 g/mol. The maximum absolute atomic E-state index is 13.6. The van der Waals surface area contributed by atoms with Crippen LogP contribution < -0.4 is 16.0 Å². The standard InChI is InChI=1S/C21H15F4N3O2S/c22-15-10-16(23)19(25)20(18(15)24)28-17(29)11-31-14-8-6-13(7-9-14)27-21(30)26-12-4-2-1-3-5-12/h1-10H,11H2,(H,28,29)(H2,26,27,30). The summed E-state index contributed by atoms with van der Waals surface area (Å²) in [7, 11) is 0. The number of benzene rings is 3. The van der Waals surface area contributed by atoms with E-state index in [9.17, 15) is 27.2 Å². The number of carbonyl (C=O) groups is 2. The van der Waals surface area contributed by atoms with Gasteiger partial charge < -0.3 is 16.0 Å². The molecule has 0 saturated heterocycles. The van der Waals surface area contributed by atoms with Crippen molar-refractivity contribution in [3.8, 4) is 0 Å². The van der Waals surface area contributed by atoms with Crippen LogP contribution in [0.3, 0.4) is 0 Å². The summed E-state index contributed by atoms with van der Waals surface area (Å²) in [6.45, 7) is 0. The summed E-state index contributed by atoms with van der Waals surface area (Å²) in [5, 5.41) is 7.14. The van der Waals surface area contributed by atoms with Crippen LogP contribution >= 0.6 is 11.8 Å². The fourth-order valence-corrected chi connectivity index (χ4v) is 3.16. The van der Waals surface area contributed by atoms with Crippen LogP contribution in [0.1, 0.15) is 0 Å². The maximum atomic E-state index is 13.6. The summed E-state index contributed by atoms with van der Waals surface area (Å²) in [5.74, 6) is -7.69. The lowest BCUT2D eigenvalue weighted by molar-refractivity contribution is -0.113. The van der Waals surface area contributed by atoms with Gasteiger partial charge in [0.1, 0.15) is 5.69 Å². The lowest BCUT2D eigenvalue weighted by Gasteiger charge is -2.10. The Bertz CT molecular complexity index is 1070. The zero-order chi connectivity index (χ0) is 22.4. The number of carbonyl (C=O) groups excluding carboxylic acids is 2. The van der Waals surface area contributed by atoms with E-state index in [0.717, 1.165) is 11.8 Å². The largest absolute Gasteiger partial charge is 0.323 e. The number of rotatable bonds is 6. The Hall–Kier alpha value is -3.53. The van der Waals surface area contributed by atoms with Crippen LogP contribution in [0, 0.1) is 23.3 Å². The second-order valence-corrected chi connectivity index (χ2v) is 7.20. The predicted octanol–water partition coefficient (Wildman–Crippen LogP) is 5.62. The molecule has 0 spiro atoms. The maximum Gasteiger partial charge on any atom is 0.323 e. The van der Waals surface area contributed by atoms with Crippen molar-refractivity contribution in [2.75, 3.05) is 21.7 Å². The summed E-state index contributed by atoms with van der Waals surface area (Å²) in [6, 6.07) is 14.9. The summed E-state index contributed by atoms with van der Waals surface area (Å²) in [5.41, 5.74) is -0.0436. The third kappa shape index (κ3) is 5.98. The van der Waals surface area contributed by atoms with Gasteiger partial charge in [-0.1, -0.05) is 18.2 Å². The van der Waals surface area contributed by atoms with Crippen molar-refractivity contribution in [1.82, 2.24) is 0 Å². The molecule has 3 N–H and O–H groups in total. The molecule has 0 saturated carbocycles. The molecule has 5 nitrogen and oxygen atoms in total. The third-order valence-corrected chi connectivity index (χ3v) is 4.90. The zero-order valence-corrected chi connectivity index (χ0v) is 16.5. The number of halogens is 4. The molecule has 0 aliphatic rings. The van der Waals surface area contributed by atoms with Gasteiger partial charge in [0.15, 0.2) is 23.3 Å². The van der Waals surface area contributed by atoms with E-state index >= 15 is 0 Å². The summed E-state index contributed by atoms with van der Waals surface area (Å²) in [6.07, 6.45) is 0. The van der Waals surface area contributed by atoms with Gasteiger partial charge in [0, 0.05) is 22.3 Å². The predicted molar refractivity (Wildman–Crippen MR) is 111 cm³/mol. The van der Waals surface area contributed by atoms with Crippen molar-refractivity contribution in [1.29, 1.82) is 0 Å². The van der Waals surface area contributed by atoms with Gasteiger partial charge >= 0.3 is 6.03 Å². The van der Waals surface area contributed by atoms with Crippen LogP contribution in [0.25, 0.3) is 0 Å². The molecule has 0 aliphatic heterocycles. The van der Waals surface area contributed by atoms with Crippen LogP contribution in [-0.4, -0.2) is 17.7 Å². The molecule has 10 heteroatoms. The van der Waals surface area contributed by atoms with Crippen LogP contribution in [0.4, 0.5) is 39.4 Å². The number of para-hydroxylation sites is 1. The molecule has 0 bridgehead atoms. The fourth-order valence-electron chi connectivity index (χ4n) is 2.46. The number of anilines is 3. The minimum atomic E-state index is -1.68. The van der Waals surface area contributed by atoms with E-state index in [1.807, 2.05) is 11.4 Å². The Balaban J connectivity index is 1.52. The van der Waals surface area contributed by atoms with Crippen molar-refractivity contribution >= 4 is 40.8 Å². The highest BCUT2D eigenvalue weighted by molar-refractivity contribution is 8.00. The van der Waals surface area contributed by atoms with E-state index in [-0.39, 0.29) is 11.8 Å². The minimum absolute atomic E-state index is 0.0603. The average Bonchev–Trinajstić information content (AvgIpc) is 2.75. The highest BCUT2D eigenvalue weighted by Crippen LogP contribution is 2.25. The molecule has 0 aromatic heterocycles. The van der Waals surface area contributed by atoms with E-state index in [1.165, 1.54) is 0 Å². The Morgan fingerprint density at radius 3 is 1.87 bits per heavy atom. The number of hydrogen-bond donors (Lipinski definition) is 3. The first-order chi connectivity index (χ1) is 14.8. The third-order valence-electron chi connectivity index (χ3n) is 3.89. The first kappa shape index (κ1) is 22.2. The molecule has 3 rings (SSSR count). The zero-order valence-electron chi connectivity index (χ0n) is 15.7. The molecule has 31 heavy (non-hydrogen) atoms. The first-order valence-corrected chi connectivity index (χ1v) is 9.81. The minimum Gasteiger partial charge on any atom is -0.320 e. The van der Waals surface area contributed by atoms with Crippen LogP contribution in [0.2, 0.25) is 0 Å². The molecule has 3 amide bonds. The first-order valence-electron chi connectivity index (χ1n) is 8.82. The molecule has 0 atom stereocenters. The normalized spacial score (nSPS) is 10.5. The summed E-state index contributed by atoms with van der Waals surface area (Å²) in [4.78, 5) is 24.5. The van der Waals surface area contributed by atoms with Gasteiger partial charge in [-0.3, -0.25) is 4.79 Å².